The first kappa shape index (κ1) is 24.5. The van der Waals surface area contributed by atoms with Crippen molar-refractivity contribution in [2.45, 2.75) is 45.4 Å². The van der Waals surface area contributed by atoms with E-state index < -0.39 is 17.5 Å². The monoisotopic (exact) mass is 474 g/mol. The van der Waals surface area contributed by atoms with E-state index in [-0.39, 0.29) is 16.6 Å². The van der Waals surface area contributed by atoms with E-state index in [4.69, 9.17) is 0 Å². The molecule has 0 aliphatic rings. The van der Waals surface area contributed by atoms with Crippen LogP contribution in [0.25, 0.3) is 10.8 Å². The van der Waals surface area contributed by atoms with Crippen LogP contribution in [0.15, 0.2) is 66.7 Å². The van der Waals surface area contributed by atoms with Crippen LogP contribution in [0.4, 0.5) is 17.6 Å². The molecule has 0 saturated carbocycles. The van der Waals surface area contributed by atoms with Crippen molar-refractivity contribution in [2.24, 2.45) is 0 Å². The molecular formula is C31H26F4. The van der Waals surface area contributed by atoms with Gasteiger partial charge in [-0.2, -0.15) is 0 Å². The summed E-state index contributed by atoms with van der Waals surface area (Å²) < 4.78 is 55.3. The van der Waals surface area contributed by atoms with E-state index in [0.29, 0.717) is 12.0 Å². The third kappa shape index (κ3) is 6.11. The summed E-state index contributed by atoms with van der Waals surface area (Å²) in [4.78, 5) is 0. The maximum Gasteiger partial charge on any atom is 0.195 e. The summed E-state index contributed by atoms with van der Waals surface area (Å²) in [5.41, 5.74) is 4.21. The van der Waals surface area contributed by atoms with Crippen LogP contribution >= 0.6 is 0 Å². The number of unbranched alkanes of at least 4 members (excludes halogenated alkanes) is 2. The Hall–Kier alpha value is -3.58. The van der Waals surface area contributed by atoms with Gasteiger partial charge in [-0.05, 0) is 84.2 Å². The molecule has 0 aliphatic carbocycles. The largest absolute Gasteiger partial charge is 0.207 e. The molecule has 4 aromatic carbocycles. The highest BCUT2D eigenvalue weighted by Crippen LogP contribution is 2.24. The van der Waals surface area contributed by atoms with E-state index in [1.54, 1.807) is 12.1 Å². The lowest BCUT2D eigenvalue weighted by molar-refractivity contribution is 0.453. The average Bonchev–Trinajstić information content (AvgIpc) is 2.86. The molecule has 178 valence electrons. The zero-order valence-electron chi connectivity index (χ0n) is 19.6. The van der Waals surface area contributed by atoms with Gasteiger partial charge in [-0.25, -0.2) is 17.6 Å². The first-order valence-corrected chi connectivity index (χ1v) is 11.9. The molecule has 4 aromatic rings. The maximum absolute atomic E-state index is 14.5. The number of hydrogen-bond acceptors (Lipinski definition) is 0. The molecular weight excluding hydrogens is 448 g/mol. The number of benzene rings is 4. The van der Waals surface area contributed by atoms with Gasteiger partial charge in [-0.15, -0.1) is 0 Å². The van der Waals surface area contributed by atoms with Crippen molar-refractivity contribution in [3.05, 3.63) is 118 Å². The van der Waals surface area contributed by atoms with Crippen LogP contribution in [0.3, 0.4) is 0 Å². The smallest absolute Gasteiger partial charge is 0.195 e. The fourth-order valence-electron chi connectivity index (χ4n) is 4.09. The predicted molar refractivity (Wildman–Crippen MR) is 133 cm³/mol. The van der Waals surface area contributed by atoms with Gasteiger partial charge in [0.15, 0.2) is 17.5 Å². The number of fused-ring (bicyclic) bond motifs is 1. The van der Waals surface area contributed by atoms with E-state index in [0.717, 1.165) is 60.4 Å². The highest BCUT2D eigenvalue weighted by Gasteiger charge is 2.13. The van der Waals surface area contributed by atoms with Crippen molar-refractivity contribution in [1.82, 2.24) is 0 Å². The molecule has 0 atom stereocenters. The minimum Gasteiger partial charge on any atom is -0.207 e. The maximum atomic E-state index is 14.5. The molecule has 0 unspecified atom stereocenters. The van der Waals surface area contributed by atoms with Gasteiger partial charge in [0.25, 0.3) is 0 Å². The minimum atomic E-state index is -1.47. The second-order valence-electron chi connectivity index (χ2n) is 8.75. The normalized spacial score (nSPS) is 10.9. The van der Waals surface area contributed by atoms with E-state index in [1.807, 2.05) is 36.4 Å². The van der Waals surface area contributed by atoms with Crippen LogP contribution in [-0.4, -0.2) is 0 Å². The van der Waals surface area contributed by atoms with Gasteiger partial charge in [-0.1, -0.05) is 61.9 Å². The Morgan fingerprint density at radius 2 is 1.31 bits per heavy atom. The topological polar surface area (TPSA) is 0 Å². The molecule has 4 heteroatoms. The lowest BCUT2D eigenvalue weighted by Crippen LogP contribution is -1.97. The standard InChI is InChI=1S/C31H26F4/c1-2-3-4-5-23-13-16-25(28(32)19-23)15-12-22-8-6-21(7-9-22)10-11-24-14-17-27-26(18-24)20-29(33)31(35)30(27)34/h6-9,13-14,16-20H,2-5,12,15H2,1H3. The average molecular weight is 475 g/mol. The Balaban J connectivity index is 1.39. The summed E-state index contributed by atoms with van der Waals surface area (Å²) in [6.07, 6.45) is 5.66. The molecule has 0 N–H and O–H groups in total. The minimum absolute atomic E-state index is 0.0152. The van der Waals surface area contributed by atoms with Crippen LogP contribution in [0.2, 0.25) is 0 Å². The van der Waals surface area contributed by atoms with Crippen LogP contribution in [0.5, 0.6) is 0 Å². The third-order valence-electron chi connectivity index (χ3n) is 6.15. The summed E-state index contributed by atoms with van der Waals surface area (Å²) in [5.74, 6) is 1.98. The number of hydrogen-bond donors (Lipinski definition) is 0. The van der Waals surface area contributed by atoms with Crippen LogP contribution < -0.4 is 0 Å². The quantitative estimate of drug-likeness (QED) is 0.109. The molecule has 0 nitrogen and oxygen atoms in total. The van der Waals surface area contributed by atoms with Crippen molar-refractivity contribution in [3.8, 4) is 11.8 Å². The second-order valence-corrected chi connectivity index (χ2v) is 8.75. The molecule has 0 aromatic heterocycles. The van der Waals surface area contributed by atoms with Crippen molar-refractivity contribution in [1.29, 1.82) is 0 Å². The van der Waals surface area contributed by atoms with Gasteiger partial charge in [0.2, 0.25) is 0 Å². The molecule has 0 fully saturated rings. The predicted octanol–water partition coefficient (Wildman–Crippen LogP) is 8.31. The first-order chi connectivity index (χ1) is 16.9. The molecule has 35 heavy (non-hydrogen) atoms. The van der Waals surface area contributed by atoms with Gasteiger partial charge in [0, 0.05) is 16.5 Å². The molecule has 4 rings (SSSR count). The van der Waals surface area contributed by atoms with E-state index >= 15 is 0 Å². The summed E-state index contributed by atoms with van der Waals surface area (Å²) in [7, 11) is 0. The molecule has 0 heterocycles. The molecule has 0 saturated heterocycles. The summed E-state index contributed by atoms with van der Waals surface area (Å²) in [6, 6.07) is 18.8. The third-order valence-corrected chi connectivity index (χ3v) is 6.15. The molecule has 0 amide bonds. The van der Waals surface area contributed by atoms with E-state index in [9.17, 15) is 17.6 Å². The van der Waals surface area contributed by atoms with Gasteiger partial charge in [-0.3, -0.25) is 0 Å². The van der Waals surface area contributed by atoms with Crippen molar-refractivity contribution < 1.29 is 17.6 Å². The summed E-state index contributed by atoms with van der Waals surface area (Å²) in [6.45, 7) is 2.16. The summed E-state index contributed by atoms with van der Waals surface area (Å²) >= 11 is 0. The molecule has 0 aliphatic heterocycles. The second kappa shape index (κ2) is 11.2. The number of halogens is 4. The Morgan fingerprint density at radius 1 is 0.600 bits per heavy atom. The van der Waals surface area contributed by atoms with Crippen molar-refractivity contribution in [3.63, 3.8) is 0 Å². The number of aryl methyl sites for hydroxylation is 3. The van der Waals surface area contributed by atoms with Crippen molar-refractivity contribution in [2.75, 3.05) is 0 Å². The Labute approximate surface area is 203 Å². The first-order valence-electron chi connectivity index (χ1n) is 11.9. The fourth-order valence-corrected chi connectivity index (χ4v) is 4.09. The zero-order chi connectivity index (χ0) is 24.8. The highest BCUT2D eigenvalue weighted by molar-refractivity contribution is 5.84. The SMILES string of the molecule is CCCCCc1ccc(CCc2ccc(C#Cc3ccc4c(F)c(F)c(F)cc4c3)cc2)c(F)c1. The highest BCUT2D eigenvalue weighted by atomic mass is 19.2. The van der Waals surface area contributed by atoms with Crippen molar-refractivity contribution >= 4 is 10.8 Å². The Kier molecular flexibility index (Phi) is 7.87. The fraction of sp³-hybridized carbons (Fsp3) is 0.226. The van der Waals surface area contributed by atoms with Gasteiger partial charge in [0.1, 0.15) is 5.82 Å². The number of rotatable bonds is 7. The lowest BCUT2D eigenvalue weighted by Gasteiger charge is -2.07. The lowest BCUT2D eigenvalue weighted by atomic mass is 10.00. The van der Waals surface area contributed by atoms with Gasteiger partial charge >= 0.3 is 0 Å². The Morgan fingerprint density at radius 3 is 2.06 bits per heavy atom. The van der Waals surface area contributed by atoms with Crippen LogP contribution in [-0.2, 0) is 19.3 Å². The van der Waals surface area contributed by atoms with E-state index in [1.165, 1.54) is 12.1 Å². The summed E-state index contributed by atoms with van der Waals surface area (Å²) in [5, 5.41) is 0.270. The van der Waals surface area contributed by atoms with Crippen LogP contribution in [0, 0.1) is 35.1 Å². The zero-order valence-corrected chi connectivity index (χ0v) is 19.6. The van der Waals surface area contributed by atoms with Gasteiger partial charge < -0.3 is 0 Å². The van der Waals surface area contributed by atoms with E-state index in [2.05, 4.69) is 18.8 Å². The van der Waals surface area contributed by atoms with Crippen LogP contribution in [0.1, 0.15) is 54.0 Å². The Bertz CT molecular complexity index is 1390. The molecule has 0 bridgehead atoms. The molecule has 0 radical (unpaired) electrons. The molecule has 0 spiro atoms. The van der Waals surface area contributed by atoms with Gasteiger partial charge in [0.05, 0.1) is 0 Å².